The highest BCUT2D eigenvalue weighted by molar-refractivity contribution is 6.35. The van der Waals surface area contributed by atoms with Gasteiger partial charge < -0.3 is 34.1 Å². The minimum atomic E-state index is -1.04. The van der Waals surface area contributed by atoms with Gasteiger partial charge in [0.15, 0.2) is 5.75 Å². The van der Waals surface area contributed by atoms with E-state index < -0.39 is 46.8 Å². The molecular formula is C31H40ClFN4O7. The standard InChI is InChI=1S/C31H40ClFN4O7/c1-29(2,3)35-25-21-24(41-16-17-15-36(13-14-37(17)26(21)38)27(39)43-30(4,5)6)22(32)23(34-25)20-18(33)11-10-12-19(20)42-28(40)44-31(7,8)9/h10-12,17H,13-16H2,1-9H3,(H,34,35)/t17-/m1/s1. The normalized spacial score (nSPS) is 17.2. The van der Waals surface area contributed by atoms with Crippen LogP contribution in [0.1, 0.15) is 72.7 Å². The molecule has 4 rings (SSSR count). The van der Waals surface area contributed by atoms with E-state index >= 15 is 4.39 Å². The number of aromatic nitrogens is 1. The third-order valence-corrected chi connectivity index (χ3v) is 6.76. The number of halogens is 2. The Morgan fingerprint density at radius 2 is 1.68 bits per heavy atom. The van der Waals surface area contributed by atoms with Gasteiger partial charge in [-0.25, -0.2) is 19.0 Å². The minimum absolute atomic E-state index is 0.00175. The maximum absolute atomic E-state index is 15.5. The first kappa shape index (κ1) is 33.1. The van der Waals surface area contributed by atoms with E-state index in [-0.39, 0.29) is 65.4 Å². The summed E-state index contributed by atoms with van der Waals surface area (Å²) in [6.07, 6.45) is -1.53. The van der Waals surface area contributed by atoms with Gasteiger partial charge in [-0.3, -0.25) is 4.79 Å². The van der Waals surface area contributed by atoms with Crippen molar-refractivity contribution in [3.05, 3.63) is 34.6 Å². The van der Waals surface area contributed by atoms with Gasteiger partial charge in [-0.05, 0) is 74.4 Å². The van der Waals surface area contributed by atoms with Gasteiger partial charge >= 0.3 is 12.2 Å². The molecule has 1 aromatic heterocycles. The second-order valence-electron chi connectivity index (χ2n) is 13.8. The summed E-state index contributed by atoms with van der Waals surface area (Å²) in [4.78, 5) is 47.2. The van der Waals surface area contributed by atoms with Crippen LogP contribution in [0.3, 0.4) is 0 Å². The van der Waals surface area contributed by atoms with Gasteiger partial charge in [0.25, 0.3) is 5.91 Å². The van der Waals surface area contributed by atoms with Gasteiger partial charge in [0.2, 0.25) is 0 Å². The second kappa shape index (κ2) is 11.9. The molecule has 3 heterocycles. The van der Waals surface area contributed by atoms with Crippen molar-refractivity contribution in [2.75, 3.05) is 31.6 Å². The molecule has 2 aliphatic rings. The maximum Gasteiger partial charge on any atom is 0.514 e. The van der Waals surface area contributed by atoms with Crippen molar-refractivity contribution < 1.29 is 37.7 Å². The lowest BCUT2D eigenvalue weighted by Crippen LogP contribution is -2.58. The molecule has 1 atom stereocenters. The van der Waals surface area contributed by atoms with Crippen molar-refractivity contribution in [3.63, 3.8) is 0 Å². The van der Waals surface area contributed by atoms with E-state index in [1.165, 1.54) is 23.1 Å². The predicted octanol–water partition coefficient (Wildman–Crippen LogP) is 6.52. The van der Waals surface area contributed by atoms with E-state index in [1.54, 1.807) is 46.4 Å². The van der Waals surface area contributed by atoms with Crippen LogP contribution in [-0.2, 0) is 9.47 Å². The number of nitrogens with one attached hydrogen (secondary N) is 1. The number of hydrogen-bond acceptors (Lipinski definition) is 9. The molecule has 0 unspecified atom stereocenters. The summed E-state index contributed by atoms with van der Waals surface area (Å²) in [7, 11) is 0. The number of fused-ring (bicyclic) bond motifs is 2. The van der Waals surface area contributed by atoms with Crippen molar-refractivity contribution in [2.45, 2.75) is 85.1 Å². The van der Waals surface area contributed by atoms with Crippen LogP contribution >= 0.6 is 11.6 Å². The fourth-order valence-electron chi connectivity index (χ4n) is 4.75. The first-order valence-corrected chi connectivity index (χ1v) is 14.7. The van der Waals surface area contributed by atoms with Gasteiger partial charge in [-0.15, -0.1) is 0 Å². The number of piperazine rings is 1. The SMILES string of the molecule is CC(C)(C)Nc1nc(-c2c(F)cccc2OC(=O)OC(C)(C)C)c(Cl)c2c1C(=O)N1CCN(C(=O)OC(C)(C)C)C[C@@H]1CO2. The third kappa shape index (κ3) is 7.64. The van der Waals surface area contributed by atoms with Crippen molar-refractivity contribution >= 4 is 35.6 Å². The van der Waals surface area contributed by atoms with Crippen LogP contribution in [0.15, 0.2) is 18.2 Å². The van der Waals surface area contributed by atoms with E-state index in [2.05, 4.69) is 10.3 Å². The van der Waals surface area contributed by atoms with Crippen LogP contribution < -0.4 is 14.8 Å². The molecule has 0 aliphatic carbocycles. The molecule has 2 aromatic rings. The first-order chi connectivity index (χ1) is 20.2. The van der Waals surface area contributed by atoms with Crippen molar-refractivity contribution in [1.29, 1.82) is 0 Å². The average molecular weight is 635 g/mol. The summed E-state index contributed by atoms with van der Waals surface area (Å²) >= 11 is 6.87. The molecule has 2 amide bonds. The molecule has 44 heavy (non-hydrogen) atoms. The Hall–Kier alpha value is -3.80. The van der Waals surface area contributed by atoms with Crippen LogP contribution in [0, 0.1) is 5.82 Å². The Balaban J connectivity index is 1.79. The van der Waals surface area contributed by atoms with Crippen LogP contribution in [0.5, 0.6) is 11.5 Å². The van der Waals surface area contributed by atoms with Crippen molar-refractivity contribution in [1.82, 2.24) is 14.8 Å². The van der Waals surface area contributed by atoms with Crippen molar-refractivity contribution in [2.24, 2.45) is 0 Å². The number of carbonyl (C=O) groups is 3. The van der Waals surface area contributed by atoms with E-state index in [1.807, 2.05) is 20.8 Å². The lowest BCUT2D eigenvalue weighted by molar-refractivity contribution is 0.000937. The molecule has 0 spiro atoms. The molecule has 0 saturated carbocycles. The molecule has 1 fully saturated rings. The highest BCUT2D eigenvalue weighted by Gasteiger charge is 2.41. The lowest BCUT2D eigenvalue weighted by atomic mass is 10.0. The summed E-state index contributed by atoms with van der Waals surface area (Å²) < 4.78 is 37.9. The topological polar surface area (TPSA) is 120 Å². The Kier molecular flexibility index (Phi) is 8.99. The fraction of sp³-hybridized carbons (Fsp3) is 0.548. The van der Waals surface area contributed by atoms with Crippen molar-refractivity contribution in [3.8, 4) is 22.8 Å². The van der Waals surface area contributed by atoms with Gasteiger partial charge in [-0.2, -0.15) is 0 Å². The Labute approximate surface area is 261 Å². The number of rotatable bonds is 3. The molecule has 1 aromatic carbocycles. The number of benzene rings is 1. The molecule has 1 N–H and O–H groups in total. The fourth-order valence-corrected chi connectivity index (χ4v) is 5.03. The lowest BCUT2D eigenvalue weighted by Gasteiger charge is -2.40. The number of ether oxygens (including phenoxy) is 4. The van der Waals surface area contributed by atoms with Gasteiger partial charge in [0.05, 0.1) is 11.6 Å². The summed E-state index contributed by atoms with van der Waals surface area (Å²) in [6, 6.07) is 3.42. The summed E-state index contributed by atoms with van der Waals surface area (Å²) in [6.45, 7) is 16.6. The molecule has 240 valence electrons. The monoisotopic (exact) mass is 634 g/mol. The number of carbonyl (C=O) groups excluding carboxylic acids is 3. The maximum atomic E-state index is 15.5. The van der Waals surface area contributed by atoms with E-state index in [0.29, 0.717) is 0 Å². The molecule has 0 bridgehead atoms. The Bertz CT molecular complexity index is 1460. The zero-order valence-corrected chi connectivity index (χ0v) is 27.3. The summed E-state index contributed by atoms with van der Waals surface area (Å²) in [5, 5.41) is 3.08. The smallest absolute Gasteiger partial charge is 0.489 e. The van der Waals surface area contributed by atoms with E-state index in [4.69, 9.17) is 30.5 Å². The van der Waals surface area contributed by atoms with Crippen LogP contribution in [0.2, 0.25) is 5.02 Å². The zero-order chi connectivity index (χ0) is 32.8. The largest absolute Gasteiger partial charge is 0.514 e. The molecule has 1 saturated heterocycles. The predicted molar refractivity (Wildman–Crippen MR) is 163 cm³/mol. The van der Waals surface area contributed by atoms with E-state index in [9.17, 15) is 14.4 Å². The van der Waals surface area contributed by atoms with Gasteiger partial charge in [0, 0.05) is 25.2 Å². The third-order valence-electron chi connectivity index (χ3n) is 6.41. The zero-order valence-electron chi connectivity index (χ0n) is 26.6. The van der Waals surface area contributed by atoms with Gasteiger partial charge in [-0.1, -0.05) is 17.7 Å². The number of hydrogen-bond donors (Lipinski definition) is 1. The highest BCUT2D eigenvalue weighted by Crippen LogP contribution is 2.46. The molecule has 0 radical (unpaired) electrons. The minimum Gasteiger partial charge on any atom is -0.489 e. The van der Waals surface area contributed by atoms with Crippen LogP contribution in [-0.4, -0.2) is 82.0 Å². The van der Waals surface area contributed by atoms with E-state index in [0.717, 1.165) is 0 Å². The summed E-state index contributed by atoms with van der Waals surface area (Å²) in [5.41, 5.74) is -2.35. The van der Waals surface area contributed by atoms with Gasteiger partial charge in [0.1, 0.15) is 51.5 Å². The molecular weight excluding hydrogens is 595 g/mol. The number of pyridine rings is 1. The second-order valence-corrected chi connectivity index (χ2v) is 14.1. The van der Waals surface area contributed by atoms with Crippen LogP contribution in [0.4, 0.5) is 19.8 Å². The molecule has 2 aliphatic heterocycles. The average Bonchev–Trinajstić information content (AvgIpc) is 3.00. The van der Waals surface area contributed by atoms with Crippen LogP contribution in [0.25, 0.3) is 11.3 Å². The number of nitrogens with zero attached hydrogens (tertiary/aromatic N) is 3. The molecule has 13 heteroatoms. The number of anilines is 1. The molecule has 11 nitrogen and oxygen atoms in total. The quantitative estimate of drug-likeness (QED) is 0.297. The first-order valence-electron chi connectivity index (χ1n) is 14.4. The number of amides is 2. The Morgan fingerprint density at radius 1 is 1.02 bits per heavy atom. The summed E-state index contributed by atoms with van der Waals surface area (Å²) in [5.74, 6) is -1.25. The Morgan fingerprint density at radius 3 is 2.30 bits per heavy atom. The highest BCUT2D eigenvalue weighted by atomic mass is 35.5.